The van der Waals surface area contributed by atoms with Crippen molar-refractivity contribution in [1.29, 1.82) is 0 Å². The molecule has 1 heterocycles. The lowest BCUT2D eigenvalue weighted by molar-refractivity contribution is 0.573. The molecule has 2 aromatic rings. The van der Waals surface area contributed by atoms with Gasteiger partial charge < -0.3 is 5.32 Å². The van der Waals surface area contributed by atoms with Crippen molar-refractivity contribution in [2.75, 3.05) is 0 Å². The topological polar surface area (TPSA) is 86.9 Å². The summed E-state index contributed by atoms with van der Waals surface area (Å²) in [6.07, 6.45) is 3.88. The Hall–Kier alpha value is -1.70. The molecule has 112 valence electrons. The molecule has 3 N–H and O–H groups in total. The van der Waals surface area contributed by atoms with Gasteiger partial charge in [0.25, 0.3) is 10.0 Å². The molecule has 1 aliphatic rings. The normalized spacial score (nSPS) is 15.2. The van der Waals surface area contributed by atoms with Crippen LogP contribution in [0.5, 0.6) is 0 Å². The van der Waals surface area contributed by atoms with Crippen molar-refractivity contribution >= 4 is 10.0 Å². The van der Waals surface area contributed by atoms with E-state index in [0.29, 0.717) is 18.2 Å². The van der Waals surface area contributed by atoms with Crippen LogP contribution in [0.3, 0.4) is 0 Å². The monoisotopic (exact) mass is 306 g/mol. The Balaban J connectivity index is 1.67. The van der Waals surface area contributed by atoms with Crippen LogP contribution in [-0.2, 0) is 23.1 Å². The van der Waals surface area contributed by atoms with E-state index in [9.17, 15) is 8.42 Å². The fraction of sp³-hybridized carbons (Fsp3) is 0.357. The average molecular weight is 306 g/mol. The van der Waals surface area contributed by atoms with E-state index in [1.54, 1.807) is 6.20 Å². The summed E-state index contributed by atoms with van der Waals surface area (Å²) in [6, 6.07) is 9.94. The zero-order chi connectivity index (χ0) is 14.7. The van der Waals surface area contributed by atoms with Crippen molar-refractivity contribution in [2.45, 2.75) is 37.0 Å². The van der Waals surface area contributed by atoms with E-state index in [4.69, 9.17) is 0 Å². The summed E-state index contributed by atoms with van der Waals surface area (Å²) in [5.41, 5.74) is 1.58. The number of H-pyrrole nitrogens is 1. The van der Waals surface area contributed by atoms with Gasteiger partial charge >= 0.3 is 0 Å². The van der Waals surface area contributed by atoms with Gasteiger partial charge in [0.15, 0.2) is 5.03 Å². The van der Waals surface area contributed by atoms with E-state index in [1.165, 1.54) is 0 Å². The highest BCUT2D eigenvalue weighted by Crippen LogP contribution is 2.20. The number of nitrogens with zero attached hydrogens (tertiary/aromatic N) is 1. The quantitative estimate of drug-likeness (QED) is 0.716. The second-order valence-electron chi connectivity index (χ2n) is 5.19. The second kappa shape index (κ2) is 5.97. The van der Waals surface area contributed by atoms with Crippen molar-refractivity contribution in [1.82, 2.24) is 20.2 Å². The molecule has 0 saturated heterocycles. The summed E-state index contributed by atoms with van der Waals surface area (Å²) in [5, 5.41) is 9.88. The van der Waals surface area contributed by atoms with Crippen LogP contribution in [0.1, 0.15) is 24.0 Å². The van der Waals surface area contributed by atoms with Gasteiger partial charge in [-0.25, -0.2) is 13.1 Å². The molecule has 7 heteroatoms. The smallest absolute Gasteiger partial charge is 0.258 e. The van der Waals surface area contributed by atoms with Gasteiger partial charge in [-0.05, 0) is 18.4 Å². The van der Waals surface area contributed by atoms with Crippen LogP contribution >= 0.6 is 0 Å². The van der Waals surface area contributed by atoms with E-state index in [1.807, 2.05) is 30.3 Å². The van der Waals surface area contributed by atoms with Gasteiger partial charge in [0.1, 0.15) is 0 Å². The van der Waals surface area contributed by atoms with E-state index in [0.717, 1.165) is 18.4 Å². The lowest BCUT2D eigenvalue weighted by Crippen LogP contribution is -2.26. The van der Waals surface area contributed by atoms with E-state index in [-0.39, 0.29) is 11.6 Å². The molecule has 0 bridgehead atoms. The predicted molar refractivity (Wildman–Crippen MR) is 78.9 cm³/mol. The maximum Gasteiger partial charge on any atom is 0.258 e. The van der Waals surface area contributed by atoms with Crippen molar-refractivity contribution in [3.63, 3.8) is 0 Å². The highest BCUT2D eigenvalue weighted by atomic mass is 32.2. The molecular formula is C14H18N4O2S. The van der Waals surface area contributed by atoms with Gasteiger partial charge in [-0.15, -0.1) is 0 Å². The Morgan fingerprint density at radius 3 is 2.67 bits per heavy atom. The van der Waals surface area contributed by atoms with E-state index < -0.39 is 10.0 Å². The minimum absolute atomic E-state index is 0.145. The van der Waals surface area contributed by atoms with Gasteiger partial charge in [-0.3, -0.25) is 5.10 Å². The van der Waals surface area contributed by atoms with Crippen LogP contribution in [0, 0.1) is 0 Å². The summed E-state index contributed by atoms with van der Waals surface area (Å²) in [5.74, 6) is 0. The fourth-order valence-electron chi connectivity index (χ4n) is 2.05. The van der Waals surface area contributed by atoms with Crippen LogP contribution in [0.15, 0.2) is 41.6 Å². The Kier molecular flexibility index (Phi) is 4.05. The molecule has 3 rings (SSSR count). The standard InChI is InChI=1S/C14H18N4O2S/c19-21(20,17-8-11-4-2-1-3-5-11)14-12(10-16-18-14)9-15-13-6-7-13/h1-5,10,13,15,17H,6-9H2,(H,16,18). The first-order chi connectivity index (χ1) is 10.1. The highest BCUT2D eigenvalue weighted by molar-refractivity contribution is 7.89. The second-order valence-corrected chi connectivity index (χ2v) is 6.89. The van der Waals surface area contributed by atoms with Crippen LogP contribution in [0.4, 0.5) is 0 Å². The molecule has 1 aromatic carbocycles. The molecule has 0 atom stereocenters. The third-order valence-corrected chi connectivity index (χ3v) is 4.83. The van der Waals surface area contributed by atoms with Gasteiger partial charge in [-0.2, -0.15) is 5.10 Å². The van der Waals surface area contributed by atoms with Crippen LogP contribution in [-0.4, -0.2) is 24.7 Å². The number of rotatable bonds is 7. The minimum Gasteiger partial charge on any atom is -0.310 e. The number of aromatic nitrogens is 2. The minimum atomic E-state index is -3.58. The fourth-order valence-corrected chi connectivity index (χ4v) is 3.19. The molecule has 1 saturated carbocycles. The molecule has 1 aromatic heterocycles. The lowest BCUT2D eigenvalue weighted by Gasteiger charge is -2.07. The Morgan fingerprint density at radius 1 is 1.19 bits per heavy atom. The maximum atomic E-state index is 12.3. The summed E-state index contributed by atoms with van der Waals surface area (Å²) in [7, 11) is -3.58. The first-order valence-corrected chi connectivity index (χ1v) is 8.43. The Bertz CT molecular complexity index is 693. The molecule has 1 aliphatic carbocycles. The zero-order valence-electron chi connectivity index (χ0n) is 11.5. The Labute approximate surface area is 124 Å². The number of hydrogen-bond donors (Lipinski definition) is 3. The first-order valence-electron chi connectivity index (χ1n) is 6.94. The summed E-state index contributed by atoms with van der Waals surface area (Å²) in [4.78, 5) is 0. The Morgan fingerprint density at radius 2 is 1.95 bits per heavy atom. The van der Waals surface area contributed by atoms with Crippen LogP contribution in [0.2, 0.25) is 0 Å². The molecule has 0 spiro atoms. The molecule has 0 aliphatic heterocycles. The molecule has 6 nitrogen and oxygen atoms in total. The van der Waals surface area contributed by atoms with Gasteiger partial charge in [0.05, 0.1) is 6.20 Å². The van der Waals surface area contributed by atoms with Gasteiger partial charge in [-0.1, -0.05) is 30.3 Å². The van der Waals surface area contributed by atoms with Crippen LogP contribution in [0.25, 0.3) is 0 Å². The number of nitrogens with one attached hydrogen (secondary N) is 3. The maximum absolute atomic E-state index is 12.3. The SMILES string of the molecule is O=S(=O)(NCc1ccccc1)c1[nH]ncc1CNC1CC1. The predicted octanol–water partition coefficient (Wildman–Crippen LogP) is 1.14. The number of hydrogen-bond acceptors (Lipinski definition) is 4. The van der Waals surface area contributed by atoms with Gasteiger partial charge in [0, 0.05) is 24.7 Å². The third kappa shape index (κ3) is 3.69. The zero-order valence-corrected chi connectivity index (χ0v) is 12.4. The molecule has 0 amide bonds. The van der Waals surface area contributed by atoms with Crippen molar-refractivity contribution < 1.29 is 8.42 Å². The number of sulfonamides is 1. The number of aromatic amines is 1. The molecule has 1 fully saturated rings. The average Bonchev–Trinajstić information content (AvgIpc) is 3.20. The van der Waals surface area contributed by atoms with Crippen molar-refractivity contribution in [3.05, 3.63) is 47.7 Å². The van der Waals surface area contributed by atoms with E-state index in [2.05, 4.69) is 20.2 Å². The van der Waals surface area contributed by atoms with Crippen LogP contribution < -0.4 is 10.0 Å². The molecule has 0 radical (unpaired) electrons. The molecule has 21 heavy (non-hydrogen) atoms. The molecular weight excluding hydrogens is 288 g/mol. The first kappa shape index (κ1) is 14.2. The lowest BCUT2D eigenvalue weighted by atomic mass is 10.2. The van der Waals surface area contributed by atoms with E-state index >= 15 is 0 Å². The number of benzene rings is 1. The van der Waals surface area contributed by atoms with Crippen molar-refractivity contribution in [2.24, 2.45) is 0 Å². The summed E-state index contributed by atoms with van der Waals surface area (Å²) >= 11 is 0. The summed E-state index contributed by atoms with van der Waals surface area (Å²) < 4.78 is 27.3. The van der Waals surface area contributed by atoms with Crippen molar-refractivity contribution in [3.8, 4) is 0 Å². The largest absolute Gasteiger partial charge is 0.310 e. The highest BCUT2D eigenvalue weighted by Gasteiger charge is 2.24. The third-order valence-electron chi connectivity index (χ3n) is 3.41. The summed E-state index contributed by atoms with van der Waals surface area (Å²) in [6.45, 7) is 0.778. The molecule has 0 unspecified atom stereocenters. The van der Waals surface area contributed by atoms with Gasteiger partial charge in [0.2, 0.25) is 0 Å².